The number of anilines is 2. The number of methoxy groups -OCH3 is 1. The van der Waals surface area contributed by atoms with Gasteiger partial charge in [0.15, 0.2) is 0 Å². The van der Waals surface area contributed by atoms with Crippen LogP contribution in [0.3, 0.4) is 0 Å². The zero-order valence-electron chi connectivity index (χ0n) is 11.5. The van der Waals surface area contributed by atoms with Crippen LogP contribution in [0.1, 0.15) is 13.3 Å². The summed E-state index contributed by atoms with van der Waals surface area (Å²) in [7, 11) is 3.28. The van der Waals surface area contributed by atoms with Gasteiger partial charge in [-0.25, -0.2) is 0 Å². The summed E-state index contributed by atoms with van der Waals surface area (Å²) in [6, 6.07) is 0.192. The number of aliphatic hydroxyl groups is 1. The van der Waals surface area contributed by atoms with Crippen molar-refractivity contribution in [2.45, 2.75) is 19.4 Å². The zero-order chi connectivity index (χ0) is 14.3. The third-order valence-corrected chi connectivity index (χ3v) is 2.24. The normalized spacial score (nSPS) is 12.2. The third kappa shape index (κ3) is 5.23. The molecule has 0 aliphatic heterocycles. The van der Waals surface area contributed by atoms with Gasteiger partial charge >= 0.3 is 6.01 Å². The van der Waals surface area contributed by atoms with E-state index in [-0.39, 0.29) is 18.6 Å². The lowest BCUT2D eigenvalue weighted by molar-refractivity contribution is 0.0693. The van der Waals surface area contributed by atoms with E-state index in [1.165, 1.54) is 7.11 Å². The molecule has 1 heterocycles. The molecule has 8 heteroatoms. The molecule has 0 aromatic carbocycles. The predicted molar refractivity (Wildman–Crippen MR) is 71.2 cm³/mol. The maximum absolute atomic E-state index is 9.66. The fraction of sp³-hybridized carbons (Fsp3) is 0.727. The molecule has 1 atom stereocenters. The summed E-state index contributed by atoms with van der Waals surface area (Å²) in [5.74, 6) is 0.443. The average molecular weight is 271 g/mol. The largest absolute Gasteiger partial charge is 0.463 e. The minimum Gasteiger partial charge on any atom is -0.463 e. The maximum Gasteiger partial charge on any atom is 0.323 e. The van der Waals surface area contributed by atoms with Gasteiger partial charge < -0.3 is 25.2 Å². The van der Waals surface area contributed by atoms with Crippen molar-refractivity contribution in [2.24, 2.45) is 0 Å². The SMILES string of the molecule is CCCOc1nc(N)nc(N(C)CC(O)COC)n1. The lowest BCUT2D eigenvalue weighted by Gasteiger charge is -2.20. The van der Waals surface area contributed by atoms with E-state index < -0.39 is 6.10 Å². The molecular formula is C11H21N5O3. The van der Waals surface area contributed by atoms with Crippen LogP contribution in [0.2, 0.25) is 0 Å². The van der Waals surface area contributed by atoms with Crippen molar-refractivity contribution in [1.82, 2.24) is 15.0 Å². The van der Waals surface area contributed by atoms with Gasteiger partial charge in [0.25, 0.3) is 0 Å². The van der Waals surface area contributed by atoms with Crippen molar-refractivity contribution in [1.29, 1.82) is 0 Å². The van der Waals surface area contributed by atoms with E-state index in [0.717, 1.165) is 6.42 Å². The van der Waals surface area contributed by atoms with Crippen LogP contribution < -0.4 is 15.4 Å². The number of rotatable bonds is 8. The zero-order valence-corrected chi connectivity index (χ0v) is 11.5. The van der Waals surface area contributed by atoms with Gasteiger partial charge in [-0.05, 0) is 6.42 Å². The Balaban J connectivity index is 2.72. The van der Waals surface area contributed by atoms with Gasteiger partial charge in [0, 0.05) is 20.7 Å². The molecule has 1 aromatic heterocycles. The molecular weight excluding hydrogens is 250 g/mol. The van der Waals surface area contributed by atoms with Crippen LogP contribution in [0.4, 0.5) is 11.9 Å². The Kier molecular flexibility index (Phi) is 6.23. The number of aromatic nitrogens is 3. The summed E-state index contributed by atoms with van der Waals surface area (Å²) < 4.78 is 10.2. The first-order chi connectivity index (χ1) is 9.06. The molecule has 0 amide bonds. The molecule has 0 aliphatic carbocycles. The summed E-state index contributed by atoms with van der Waals surface area (Å²) in [6.07, 6.45) is 0.219. The van der Waals surface area contributed by atoms with Crippen LogP contribution in [0.25, 0.3) is 0 Å². The molecule has 1 aromatic rings. The topological polar surface area (TPSA) is 107 Å². The molecule has 0 saturated heterocycles. The summed E-state index contributed by atoms with van der Waals surface area (Å²) in [5, 5.41) is 9.66. The minimum atomic E-state index is -0.631. The van der Waals surface area contributed by atoms with E-state index in [1.54, 1.807) is 11.9 Å². The summed E-state index contributed by atoms with van der Waals surface area (Å²) in [4.78, 5) is 13.7. The lowest BCUT2D eigenvalue weighted by Crippen LogP contribution is -2.33. The summed E-state index contributed by atoms with van der Waals surface area (Å²) in [6.45, 7) is 3.06. The first-order valence-corrected chi connectivity index (χ1v) is 6.09. The smallest absolute Gasteiger partial charge is 0.323 e. The highest BCUT2D eigenvalue weighted by Crippen LogP contribution is 2.12. The predicted octanol–water partition coefficient (Wildman–Crippen LogP) is -0.314. The van der Waals surface area contributed by atoms with Crippen LogP contribution in [0.15, 0.2) is 0 Å². The first kappa shape index (κ1) is 15.4. The Morgan fingerprint density at radius 1 is 1.37 bits per heavy atom. The number of likely N-dealkylation sites (N-methyl/N-ethyl adjacent to an activating group) is 1. The fourth-order valence-electron chi connectivity index (χ4n) is 1.43. The highest BCUT2D eigenvalue weighted by atomic mass is 16.5. The van der Waals surface area contributed by atoms with E-state index in [2.05, 4.69) is 15.0 Å². The highest BCUT2D eigenvalue weighted by molar-refractivity contribution is 5.35. The van der Waals surface area contributed by atoms with E-state index in [9.17, 15) is 5.11 Å². The maximum atomic E-state index is 9.66. The number of hydrogen-bond donors (Lipinski definition) is 2. The van der Waals surface area contributed by atoms with Crippen LogP contribution in [-0.4, -0.2) is 60.1 Å². The van der Waals surface area contributed by atoms with Gasteiger partial charge in [-0.15, -0.1) is 0 Å². The second-order valence-corrected chi connectivity index (χ2v) is 4.11. The van der Waals surface area contributed by atoms with Gasteiger partial charge in [-0.3, -0.25) is 0 Å². The van der Waals surface area contributed by atoms with E-state index in [0.29, 0.717) is 19.1 Å². The van der Waals surface area contributed by atoms with Crippen molar-refractivity contribution < 1.29 is 14.6 Å². The van der Waals surface area contributed by atoms with Gasteiger partial charge in [-0.2, -0.15) is 15.0 Å². The van der Waals surface area contributed by atoms with E-state index in [1.807, 2.05) is 6.92 Å². The van der Waals surface area contributed by atoms with Gasteiger partial charge in [0.05, 0.1) is 19.3 Å². The van der Waals surface area contributed by atoms with Crippen molar-refractivity contribution >= 4 is 11.9 Å². The van der Waals surface area contributed by atoms with Gasteiger partial charge in [0.2, 0.25) is 11.9 Å². The molecule has 1 rings (SSSR count). The Morgan fingerprint density at radius 3 is 2.74 bits per heavy atom. The third-order valence-electron chi connectivity index (χ3n) is 2.24. The number of hydrogen-bond acceptors (Lipinski definition) is 8. The molecule has 0 aliphatic rings. The van der Waals surface area contributed by atoms with Crippen molar-refractivity contribution in [3.05, 3.63) is 0 Å². The standard InChI is InChI=1S/C11H21N5O3/c1-4-5-19-11-14-9(12)13-10(15-11)16(2)6-8(17)7-18-3/h8,17H,4-7H2,1-3H3,(H2,12,13,14,15). The number of nitrogen functional groups attached to an aromatic ring is 1. The molecule has 0 fully saturated rings. The Bertz CT molecular complexity index is 391. The summed E-state index contributed by atoms with van der Waals surface area (Å²) in [5.41, 5.74) is 5.60. The fourth-order valence-corrected chi connectivity index (χ4v) is 1.43. The first-order valence-electron chi connectivity index (χ1n) is 6.09. The number of nitrogens with zero attached hydrogens (tertiary/aromatic N) is 4. The van der Waals surface area contributed by atoms with Crippen molar-refractivity contribution in [2.75, 3.05) is 44.5 Å². The molecule has 19 heavy (non-hydrogen) atoms. The second kappa shape index (κ2) is 7.70. The van der Waals surface area contributed by atoms with Crippen LogP contribution in [-0.2, 0) is 4.74 Å². The van der Waals surface area contributed by atoms with Crippen molar-refractivity contribution in [3.63, 3.8) is 0 Å². The van der Waals surface area contributed by atoms with E-state index >= 15 is 0 Å². The van der Waals surface area contributed by atoms with Crippen LogP contribution >= 0.6 is 0 Å². The molecule has 0 spiro atoms. The van der Waals surface area contributed by atoms with E-state index in [4.69, 9.17) is 15.2 Å². The lowest BCUT2D eigenvalue weighted by atomic mass is 10.3. The molecule has 0 bridgehead atoms. The summed E-state index contributed by atoms with van der Waals surface area (Å²) >= 11 is 0. The minimum absolute atomic E-state index is 0.0872. The monoisotopic (exact) mass is 271 g/mol. The Morgan fingerprint density at radius 2 is 2.11 bits per heavy atom. The molecule has 0 saturated carbocycles. The second-order valence-electron chi connectivity index (χ2n) is 4.11. The Hall–Kier alpha value is -1.67. The van der Waals surface area contributed by atoms with Gasteiger partial charge in [-0.1, -0.05) is 6.92 Å². The Labute approximate surface area is 112 Å². The molecule has 0 radical (unpaired) electrons. The van der Waals surface area contributed by atoms with Crippen molar-refractivity contribution in [3.8, 4) is 6.01 Å². The molecule has 108 valence electrons. The molecule has 8 nitrogen and oxygen atoms in total. The van der Waals surface area contributed by atoms with Crippen LogP contribution in [0, 0.1) is 0 Å². The molecule has 1 unspecified atom stereocenters. The quantitative estimate of drug-likeness (QED) is 0.663. The van der Waals surface area contributed by atoms with Gasteiger partial charge in [0.1, 0.15) is 0 Å². The number of ether oxygens (including phenoxy) is 2. The number of aliphatic hydroxyl groups excluding tert-OH is 1. The van der Waals surface area contributed by atoms with Crippen LogP contribution in [0.5, 0.6) is 6.01 Å². The average Bonchev–Trinajstić information content (AvgIpc) is 2.36. The highest BCUT2D eigenvalue weighted by Gasteiger charge is 2.13. The number of nitrogens with two attached hydrogens (primary N) is 1. The molecule has 3 N–H and O–H groups in total.